The summed E-state index contributed by atoms with van der Waals surface area (Å²) in [4.78, 5) is 10.9. The Morgan fingerprint density at radius 1 is 1.19 bits per heavy atom. The number of carbonyl (C=O) groups excluding carboxylic acids is 1. The van der Waals surface area contributed by atoms with Crippen LogP contribution in [-0.4, -0.2) is 5.91 Å². The maximum atomic E-state index is 10.9. The zero-order chi connectivity index (χ0) is 11.7. The molecule has 2 rings (SSSR count). The molecule has 0 saturated heterocycles. The smallest absolute Gasteiger partial charge is 0.284 e. The largest absolute Gasteiger partial charge is 0.451 e. The molecule has 0 saturated carbocycles. The Morgan fingerprint density at radius 3 is 2.50 bits per heavy atom. The van der Waals surface area contributed by atoms with Gasteiger partial charge >= 0.3 is 0 Å². The van der Waals surface area contributed by atoms with Crippen LogP contribution in [-0.2, 0) is 0 Å². The van der Waals surface area contributed by atoms with Crippen molar-refractivity contribution in [3.8, 4) is 11.3 Å². The molecule has 1 aromatic heterocycles. The lowest BCUT2D eigenvalue weighted by atomic mass is 10.0. The molecule has 0 bridgehead atoms. The second-order valence-electron chi connectivity index (χ2n) is 3.85. The fraction of sp³-hybridized carbons (Fsp3) is 0.154. The van der Waals surface area contributed by atoms with Crippen molar-refractivity contribution in [2.45, 2.75) is 13.8 Å². The summed E-state index contributed by atoms with van der Waals surface area (Å²) < 4.78 is 5.38. The van der Waals surface area contributed by atoms with Crippen molar-refractivity contribution >= 4 is 5.91 Å². The molecule has 0 radical (unpaired) electrons. The number of rotatable bonds is 2. The van der Waals surface area contributed by atoms with Gasteiger partial charge in [0, 0.05) is 5.56 Å². The van der Waals surface area contributed by atoms with Crippen LogP contribution in [0.1, 0.15) is 21.7 Å². The normalized spacial score (nSPS) is 10.4. The van der Waals surface area contributed by atoms with Crippen LogP contribution >= 0.6 is 0 Å². The Kier molecular flexibility index (Phi) is 2.52. The van der Waals surface area contributed by atoms with Gasteiger partial charge in [0.25, 0.3) is 5.91 Å². The monoisotopic (exact) mass is 215 g/mol. The molecule has 2 N–H and O–H groups in total. The summed E-state index contributed by atoms with van der Waals surface area (Å²) in [7, 11) is 0. The predicted octanol–water partition coefficient (Wildman–Crippen LogP) is 2.66. The molecule has 82 valence electrons. The minimum atomic E-state index is -0.545. The Hall–Kier alpha value is -2.03. The number of amides is 1. The van der Waals surface area contributed by atoms with Gasteiger partial charge in [-0.3, -0.25) is 4.79 Å². The van der Waals surface area contributed by atoms with E-state index in [1.165, 1.54) is 5.56 Å². The molecule has 1 heterocycles. The highest BCUT2D eigenvalue weighted by Crippen LogP contribution is 2.25. The second-order valence-corrected chi connectivity index (χ2v) is 3.85. The first kappa shape index (κ1) is 10.5. The third kappa shape index (κ3) is 1.84. The first-order chi connectivity index (χ1) is 7.58. The average molecular weight is 215 g/mol. The molecule has 0 fully saturated rings. The highest BCUT2D eigenvalue weighted by molar-refractivity contribution is 5.90. The van der Waals surface area contributed by atoms with Gasteiger partial charge in [0.2, 0.25) is 0 Å². The van der Waals surface area contributed by atoms with Gasteiger partial charge in [-0.05, 0) is 31.5 Å². The Bertz CT molecular complexity index is 541. The molecule has 2 aromatic rings. The lowest BCUT2D eigenvalue weighted by molar-refractivity contribution is 0.0974. The van der Waals surface area contributed by atoms with Crippen LogP contribution in [0.3, 0.4) is 0 Å². The molecule has 3 nitrogen and oxygen atoms in total. The molecule has 0 unspecified atom stereocenters. The summed E-state index contributed by atoms with van der Waals surface area (Å²) in [6.07, 6.45) is 0. The van der Waals surface area contributed by atoms with E-state index >= 15 is 0 Å². The minimum absolute atomic E-state index is 0.190. The molecule has 0 atom stereocenters. The number of nitrogens with two attached hydrogens (primary N) is 1. The van der Waals surface area contributed by atoms with Crippen molar-refractivity contribution in [1.29, 1.82) is 0 Å². The molecule has 1 aromatic carbocycles. The summed E-state index contributed by atoms with van der Waals surface area (Å²) in [6, 6.07) is 9.42. The van der Waals surface area contributed by atoms with Gasteiger partial charge in [-0.25, -0.2) is 0 Å². The number of furan rings is 1. The van der Waals surface area contributed by atoms with Crippen molar-refractivity contribution in [1.82, 2.24) is 0 Å². The molecule has 0 spiro atoms. The molecule has 1 amide bonds. The van der Waals surface area contributed by atoms with Crippen LogP contribution in [0.25, 0.3) is 11.3 Å². The fourth-order valence-electron chi connectivity index (χ4n) is 1.71. The van der Waals surface area contributed by atoms with Crippen LogP contribution in [0.15, 0.2) is 34.7 Å². The zero-order valence-corrected chi connectivity index (χ0v) is 9.28. The number of carbonyl (C=O) groups is 1. The molecule has 0 aliphatic rings. The van der Waals surface area contributed by atoms with Crippen LogP contribution in [0.2, 0.25) is 0 Å². The van der Waals surface area contributed by atoms with E-state index in [9.17, 15) is 4.79 Å². The fourth-order valence-corrected chi connectivity index (χ4v) is 1.71. The van der Waals surface area contributed by atoms with E-state index in [1.807, 2.05) is 26.0 Å². The highest BCUT2D eigenvalue weighted by atomic mass is 16.3. The summed E-state index contributed by atoms with van der Waals surface area (Å²) in [5.41, 5.74) is 8.43. The zero-order valence-electron chi connectivity index (χ0n) is 9.28. The van der Waals surface area contributed by atoms with E-state index in [0.29, 0.717) is 5.76 Å². The van der Waals surface area contributed by atoms with Gasteiger partial charge in [0.05, 0.1) is 0 Å². The van der Waals surface area contributed by atoms with Crippen LogP contribution in [0.4, 0.5) is 0 Å². The summed E-state index contributed by atoms with van der Waals surface area (Å²) in [5.74, 6) is 0.317. The van der Waals surface area contributed by atoms with E-state index in [4.69, 9.17) is 10.2 Å². The average Bonchev–Trinajstić information content (AvgIpc) is 2.66. The maximum Gasteiger partial charge on any atom is 0.284 e. The van der Waals surface area contributed by atoms with Crippen molar-refractivity contribution in [3.05, 3.63) is 47.2 Å². The van der Waals surface area contributed by atoms with E-state index in [1.54, 1.807) is 12.1 Å². The van der Waals surface area contributed by atoms with E-state index < -0.39 is 5.91 Å². The highest BCUT2D eigenvalue weighted by Gasteiger charge is 2.10. The third-order valence-electron chi connectivity index (χ3n) is 2.50. The van der Waals surface area contributed by atoms with Crippen LogP contribution < -0.4 is 5.73 Å². The lowest BCUT2D eigenvalue weighted by Crippen LogP contribution is -2.09. The number of primary amides is 1. The third-order valence-corrected chi connectivity index (χ3v) is 2.50. The number of aryl methyl sites for hydroxylation is 2. The van der Waals surface area contributed by atoms with Gasteiger partial charge in [-0.15, -0.1) is 0 Å². The van der Waals surface area contributed by atoms with Crippen LogP contribution in [0.5, 0.6) is 0 Å². The lowest BCUT2D eigenvalue weighted by Gasteiger charge is -2.03. The van der Waals surface area contributed by atoms with Crippen molar-refractivity contribution in [2.24, 2.45) is 5.73 Å². The molecular formula is C13H13NO2. The van der Waals surface area contributed by atoms with Crippen molar-refractivity contribution < 1.29 is 9.21 Å². The number of benzene rings is 1. The van der Waals surface area contributed by atoms with Gasteiger partial charge in [0.15, 0.2) is 5.76 Å². The van der Waals surface area contributed by atoms with Gasteiger partial charge in [0.1, 0.15) is 5.76 Å². The molecule has 0 aliphatic carbocycles. The topological polar surface area (TPSA) is 56.2 Å². The van der Waals surface area contributed by atoms with Crippen molar-refractivity contribution in [2.75, 3.05) is 0 Å². The summed E-state index contributed by atoms with van der Waals surface area (Å²) in [5, 5.41) is 0. The van der Waals surface area contributed by atoms with Gasteiger partial charge in [-0.2, -0.15) is 0 Å². The van der Waals surface area contributed by atoms with E-state index in [0.717, 1.165) is 11.1 Å². The second kappa shape index (κ2) is 3.85. The van der Waals surface area contributed by atoms with E-state index in [2.05, 4.69) is 6.07 Å². The Morgan fingerprint density at radius 2 is 1.94 bits per heavy atom. The summed E-state index contributed by atoms with van der Waals surface area (Å²) >= 11 is 0. The molecule has 0 aliphatic heterocycles. The van der Waals surface area contributed by atoms with Gasteiger partial charge in [-0.1, -0.05) is 23.8 Å². The maximum absolute atomic E-state index is 10.9. The SMILES string of the molecule is Cc1ccc(-c2ccc(C(N)=O)o2)c(C)c1. The number of hydrogen-bond acceptors (Lipinski definition) is 2. The Balaban J connectivity index is 2.46. The van der Waals surface area contributed by atoms with E-state index in [-0.39, 0.29) is 5.76 Å². The molecule has 16 heavy (non-hydrogen) atoms. The van der Waals surface area contributed by atoms with Gasteiger partial charge < -0.3 is 10.2 Å². The first-order valence-electron chi connectivity index (χ1n) is 5.05. The summed E-state index contributed by atoms with van der Waals surface area (Å²) in [6.45, 7) is 4.04. The van der Waals surface area contributed by atoms with Crippen molar-refractivity contribution in [3.63, 3.8) is 0 Å². The quantitative estimate of drug-likeness (QED) is 0.837. The standard InChI is InChI=1S/C13H13NO2/c1-8-3-4-10(9(2)7-8)11-5-6-12(16-11)13(14)15/h3-7H,1-2H3,(H2,14,15). The first-order valence-corrected chi connectivity index (χ1v) is 5.05. The predicted molar refractivity (Wildman–Crippen MR) is 62.1 cm³/mol. The van der Waals surface area contributed by atoms with Crippen LogP contribution in [0, 0.1) is 13.8 Å². The molecule has 3 heteroatoms. The minimum Gasteiger partial charge on any atom is -0.451 e. The number of hydrogen-bond donors (Lipinski definition) is 1. The molecular weight excluding hydrogens is 202 g/mol. The Labute approximate surface area is 93.9 Å².